The number of amides is 5. The summed E-state index contributed by atoms with van der Waals surface area (Å²) in [7, 11) is 3.99. The second kappa shape index (κ2) is 20.2. The Morgan fingerprint density at radius 3 is 2.02 bits per heavy atom. The van der Waals surface area contributed by atoms with Gasteiger partial charge in [-0.2, -0.15) is 4.98 Å². The number of hydrogen-bond acceptors (Lipinski definition) is 22. The number of carbonyl (C=O) groups is 7. The summed E-state index contributed by atoms with van der Waals surface area (Å²) in [6.07, 6.45) is 0.290. The number of ether oxygens (including phenoxy) is 1. The van der Waals surface area contributed by atoms with Gasteiger partial charge in [-0.3, -0.25) is 48.3 Å². The first-order chi connectivity index (χ1) is 31.0. The van der Waals surface area contributed by atoms with Crippen molar-refractivity contribution in [3.8, 4) is 0 Å². The zero-order valence-corrected chi connectivity index (χ0v) is 36.8. The van der Waals surface area contributed by atoms with Crippen LogP contribution in [0.4, 0.5) is 9.93 Å². The van der Waals surface area contributed by atoms with Gasteiger partial charge in [0.15, 0.2) is 21.8 Å². The summed E-state index contributed by atoms with van der Waals surface area (Å²) in [6.45, 7) is -0.347. The highest BCUT2D eigenvalue weighted by Crippen LogP contribution is 2.42. The van der Waals surface area contributed by atoms with Gasteiger partial charge in [0, 0.05) is 35.3 Å². The highest BCUT2D eigenvalue weighted by molar-refractivity contribution is 8.01. The van der Waals surface area contributed by atoms with Gasteiger partial charge >= 0.3 is 29.2 Å². The van der Waals surface area contributed by atoms with E-state index in [1.54, 1.807) is 6.07 Å². The smallest absolute Gasteiger partial charge is 0.404 e. The number of carbonyl (C=O) groups excluding carboxylic acids is 5. The van der Waals surface area contributed by atoms with Crippen molar-refractivity contribution in [3.05, 3.63) is 78.5 Å². The third-order valence-corrected chi connectivity index (χ3v) is 13.6. The molecule has 31 heteroatoms. The number of thiazole rings is 1. The van der Waals surface area contributed by atoms with Crippen molar-refractivity contribution < 1.29 is 62.6 Å². The fourth-order valence-electron chi connectivity index (χ4n) is 6.30. The molecule has 0 unspecified atom stereocenters. The molecule has 0 aromatic carbocycles. The zero-order chi connectivity index (χ0) is 47.3. The molecule has 3 aromatic rings. The van der Waals surface area contributed by atoms with Crippen molar-refractivity contribution in [2.45, 2.75) is 28.0 Å². The van der Waals surface area contributed by atoms with Crippen molar-refractivity contribution in [1.29, 1.82) is 0 Å². The molecular weight excluding hydrogens is 945 g/mol. The van der Waals surface area contributed by atoms with Crippen molar-refractivity contribution in [1.82, 2.24) is 40.2 Å². The Bertz CT molecular complexity index is 2690. The number of nitrogen functional groups attached to an aromatic ring is 1. The van der Waals surface area contributed by atoms with E-state index in [0.29, 0.717) is 5.57 Å². The van der Waals surface area contributed by atoms with Gasteiger partial charge in [-0.25, -0.2) is 19.4 Å². The summed E-state index contributed by atoms with van der Waals surface area (Å²) < 4.78 is 11.0. The van der Waals surface area contributed by atoms with Crippen LogP contribution < -0.4 is 33.2 Å². The second-order valence-electron chi connectivity index (χ2n) is 13.1. The Morgan fingerprint density at radius 2 is 1.49 bits per heavy atom. The van der Waals surface area contributed by atoms with Gasteiger partial charge < -0.3 is 51.1 Å². The largest absolute Gasteiger partial charge is 0.477 e. The molecule has 0 bridgehead atoms. The molecule has 0 saturated carbocycles. The molecule has 344 valence electrons. The van der Waals surface area contributed by atoms with Gasteiger partial charge in [0.1, 0.15) is 60.7 Å². The Morgan fingerprint density at radius 1 is 0.923 bits per heavy atom. The zero-order valence-electron chi connectivity index (χ0n) is 33.6. The van der Waals surface area contributed by atoms with Crippen molar-refractivity contribution in [2.24, 2.45) is 23.1 Å². The number of β-lactam (4-membered cyclic amide) rings is 2. The average molecular weight is 979 g/mol. The second-order valence-corrected chi connectivity index (χ2v) is 17.2. The summed E-state index contributed by atoms with van der Waals surface area (Å²) in [6, 6.07) is 1.08. The Hall–Kier alpha value is -7.12. The van der Waals surface area contributed by atoms with Crippen LogP contribution in [0.25, 0.3) is 0 Å². The number of H-pyrrole nitrogens is 1. The molecule has 5 amide bonds. The molecule has 2 saturated heterocycles. The van der Waals surface area contributed by atoms with Crippen LogP contribution in [0.2, 0.25) is 0 Å². The molecule has 9 N–H and O–H groups in total. The molecular formula is C34H34N12O15S4. The Labute approximate surface area is 379 Å². The number of anilines is 1. The van der Waals surface area contributed by atoms with Crippen molar-refractivity contribution in [3.63, 3.8) is 0 Å². The van der Waals surface area contributed by atoms with Crippen LogP contribution >= 0.6 is 46.6 Å². The number of nitrogens with two attached hydrogens (primary N) is 2. The molecule has 2 fully saturated rings. The Kier molecular flexibility index (Phi) is 14.7. The number of carboxylic acids is 2. The van der Waals surface area contributed by atoms with Gasteiger partial charge in [-0.15, -0.1) is 34.9 Å². The van der Waals surface area contributed by atoms with E-state index < -0.39 is 75.6 Å². The number of hydrogen-bond donors (Lipinski definition) is 7. The van der Waals surface area contributed by atoms with E-state index in [0.717, 1.165) is 32.9 Å². The normalized spacial score (nSPS) is 20.3. The highest BCUT2D eigenvalue weighted by atomic mass is 32.2. The number of aryl methyl sites for hydroxylation is 1. The van der Waals surface area contributed by atoms with Crippen LogP contribution in [0.3, 0.4) is 0 Å². The lowest BCUT2D eigenvalue weighted by atomic mass is 10.0. The fourth-order valence-corrected chi connectivity index (χ4v) is 10.6. The number of thioether (sulfide) groups is 3. The first kappa shape index (κ1) is 47.4. The summed E-state index contributed by atoms with van der Waals surface area (Å²) in [5, 5.41) is 34.6. The predicted octanol–water partition coefficient (Wildman–Crippen LogP) is -2.15. The lowest BCUT2D eigenvalue weighted by Gasteiger charge is -2.49. The van der Waals surface area contributed by atoms with Crippen LogP contribution in [0, 0.1) is 0 Å². The first-order valence-corrected chi connectivity index (χ1v) is 22.0. The summed E-state index contributed by atoms with van der Waals surface area (Å²) in [5.41, 5.74) is 8.68. The van der Waals surface area contributed by atoms with Crippen LogP contribution in [0.15, 0.2) is 75.8 Å². The number of furan rings is 1. The van der Waals surface area contributed by atoms with Gasteiger partial charge in [0.25, 0.3) is 23.6 Å². The fraction of sp³-hybridized carbons (Fsp3) is 0.324. The van der Waals surface area contributed by atoms with Crippen molar-refractivity contribution >= 4 is 105 Å². The first-order valence-electron chi connectivity index (χ1n) is 18.1. The van der Waals surface area contributed by atoms with Crippen LogP contribution in [-0.4, -0.2) is 154 Å². The highest BCUT2D eigenvalue weighted by Gasteiger charge is 2.56. The maximum absolute atomic E-state index is 12.9. The number of nitrogens with one attached hydrogen (secondary N) is 3. The predicted molar refractivity (Wildman–Crippen MR) is 228 cm³/mol. The lowest BCUT2D eigenvalue weighted by Crippen LogP contribution is -2.71. The molecule has 4 aliphatic heterocycles. The SMILES string of the molecule is CO/N=C(/C(=O)N[C@@H]1C(=O)N2C(C(=O)O)=C(COC(N)=O)CS[C@H]12)c1ccco1.CO/N=C(\C(=O)N[C@@H]1C(=O)N2C(C(=O)O)=C(CSc3nc(=O)c(=O)[nH]n3C)CS[C@H]12)c1csc(N)n1. The topological polar surface area (TPSA) is 389 Å². The molecule has 4 atom stereocenters. The van der Waals surface area contributed by atoms with Gasteiger partial charge in [-0.1, -0.05) is 22.1 Å². The molecule has 7 heterocycles. The van der Waals surface area contributed by atoms with Crippen LogP contribution in [0.5, 0.6) is 0 Å². The number of aromatic nitrogens is 4. The maximum atomic E-state index is 12.9. The quantitative estimate of drug-likeness (QED) is 0.0281. The molecule has 3 aromatic heterocycles. The molecule has 4 aliphatic rings. The lowest BCUT2D eigenvalue weighted by molar-refractivity contribution is -0.150. The number of carboxylic acid groups (broad SMARTS) is 2. The Balaban J connectivity index is 0.000000221. The number of primary amides is 1. The number of oxime groups is 2. The van der Waals surface area contributed by atoms with Gasteiger partial charge in [0.2, 0.25) is 5.71 Å². The van der Waals surface area contributed by atoms with E-state index in [-0.39, 0.29) is 74.0 Å². The van der Waals surface area contributed by atoms with E-state index >= 15 is 0 Å². The van der Waals surface area contributed by atoms with Crippen LogP contribution in [-0.2, 0) is 50.2 Å². The third-order valence-electron chi connectivity index (χ3n) is 9.10. The van der Waals surface area contributed by atoms with E-state index in [1.165, 1.54) is 67.2 Å². The minimum Gasteiger partial charge on any atom is -0.477 e. The molecule has 0 spiro atoms. The molecule has 0 aliphatic carbocycles. The maximum Gasteiger partial charge on any atom is 0.404 e. The molecule has 27 nitrogen and oxygen atoms in total. The van der Waals surface area contributed by atoms with Crippen molar-refractivity contribution in [2.75, 3.05) is 43.8 Å². The summed E-state index contributed by atoms with van der Waals surface area (Å²) in [4.78, 5) is 128. The number of aromatic amines is 1. The van der Waals surface area contributed by atoms with E-state index in [2.05, 4.69) is 45.6 Å². The average Bonchev–Trinajstić information content (AvgIpc) is 3.97. The number of aliphatic carboxylic acids is 2. The standard InChI is InChI=1S/C18H18N8O7S3.C16H16N4O8S/c1-25-18(22-12(28)13(29)23-25)36-4-6-3-34-15-9(14(30)26(15)10(6)16(31)32)21-11(27)8(24-33-2)7-5-35-17(19)20-7;1-26-19-9(8-3-2-4-27-8)12(21)18-10-13(22)20-11(15(23)24)7(5-28-16(17)25)6-29-14(10)20/h5,9,15H,3-4H2,1-2H3,(H2,19,20)(H,21,27)(H,23,29)(H,31,32);2-4,10,14H,5-6H2,1H3,(H2,17,25)(H,18,21)(H,23,24)/b24-8-;19-9+/t9-,15-;10-,14-/m11/s1. The molecule has 65 heavy (non-hydrogen) atoms. The van der Waals surface area contributed by atoms with E-state index in [4.69, 9.17) is 20.7 Å². The van der Waals surface area contributed by atoms with Gasteiger partial charge in [-0.05, 0) is 17.7 Å². The number of rotatable bonds is 15. The van der Waals surface area contributed by atoms with E-state index in [9.17, 15) is 53.4 Å². The number of fused-ring (bicyclic) bond motifs is 2. The summed E-state index contributed by atoms with van der Waals surface area (Å²) in [5.74, 6) is -4.68. The minimum atomic E-state index is -1.35. The summed E-state index contributed by atoms with van der Waals surface area (Å²) >= 11 is 4.62. The minimum absolute atomic E-state index is 0.102. The van der Waals surface area contributed by atoms with Crippen LogP contribution in [0.1, 0.15) is 11.5 Å². The monoisotopic (exact) mass is 978 g/mol. The molecule has 0 radical (unpaired) electrons. The van der Waals surface area contributed by atoms with Gasteiger partial charge in [0.05, 0.1) is 6.26 Å². The third kappa shape index (κ3) is 10.0. The number of nitrogens with zero attached hydrogens (tertiary/aromatic N) is 7. The molecule has 7 rings (SSSR count). The van der Waals surface area contributed by atoms with E-state index in [1.807, 2.05) is 0 Å².